The van der Waals surface area contributed by atoms with Crippen molar-refractivity contribution in [1.29, 1.82) is 0 Å². The van der Waals surface area contributed by atoms with Gasteiger partial charge in [0.25, 0.3) is 0 Å². The maximum atomic E-state index is 3.73. The van der Waals surface area contributed by atoms with Gasteiger partial charge in [0.15, 0.2) is 0 Å². The van der Waals surface area contributed by atoms with Crippen LogP contribution in [-0.2, 0) is 6.42 Å². The first-order chi connectivity index (χ1) is 9.31. The Morgan fingerprint density at radius 1 is 1.37 bits per heavy atom. The summed E-state index contributed by atoms with van der Waals surface area (Å²) in [7, 11) is 0. The normalized spacial score (nSPS) is 18.7. The molecule has 19 heavy (non-hydrogen) atoms. The summed E-state index contributed by atoms with van der Waals surface area (Å²) in [5.74, 6) is 0.619. The van der Waals surface area contributed by atoms with Crippen molar-refractivity contribution < 1.29 is 0 Å². The Bertz CT molecular complexity index is 563. The van der Waals surface area contributed by atoms with E-state index in [1.165, 1.54) is 34.0 Å². The molecular weight excluding hydrogens is 318 g/mol. The summed E-state index contributed by atoms with van der Waals surface area (Å²) < 4.78 is 1.25. The van der Waals surface area contributed by atoms with Crippen molar-refractivity contribution >= 4 is 27.3 Å². The van der Waals surface area contributed by atoms with Gasteiger partial charge in [-0.2, -0.15) is 11.3 Å². The molecule has 0 saturated heterocycles. The molecule has 2 aromatic rings. The van der Waals surface area contributed by atoms with E-state index in [-0.39, 0.29) is 0 Å². The Hall–Kier alpha value is -0.640. The van der Waals surface area contributed by atoms with Gasteiger partial charge in [-0.3, -0.25) is 0 Å². The van der Waals surface area contributed by atoms with Gasteiger partial charge in [0, 0.05) is 21.8 Å². The number of rotatable bonds is 5. The molecular formula is C16H18BrNS. The molecule has 1 heterocycles. The topological polar surface area (TPSA) is 12.0 Å². The molecule has 0 amide bonds. The van der Waals surface area contributed by atoms with Crippen molar-refractivity contribution in [3.8, 4) is 0 Å². The van der Waals surface area contributed by atoms with Crippen molar-refractivity contribution in [3.05, 3.63) is 56.2 Å². The lowest BCUT2D eigenvalue weighted by Crippen LogP contribution is -2.33. The van der Waals surface area contributed by atoms with Gasteiger partial charge in [0.2, 0.25) is 0 Å². The largest absolute Gasteiger partial charge is 0.309 e. The standard InChI is InChI=1S/C16H18BrNS/c1-2-7-18-16(14-9-19-10-15(14)17)13-8-11-5-3-4-6-12(11)13/h3-6,9-10,13,16,18H,2,7-8H2,1H3. The molecule has 1 nitrogen and oxygen atoms in total. The van der Waals surface area contributed by atoms with Crippen LogP contribution in [-0.4, -0.2) is 6.54 Å². The molecule has 2 atom stereocenters. The zero-order valence-electron chi connectivity index (χ0n) is 11.0. The van der Waals surface area contributed by atoms with Crippen molar-refractivity contribution in [2.45, 2.75) is 31.7 Å². The number of nitrogens with one attached hydrogen (secondary N) is 1. The van der Waals surface area contributed by atoms with E-state index in [1.807, 2.05) is 0 Å². The summed E-state index contributed by atoms with van der Waals surface area (Å²) >= 11 is 5.47. The monoisotopic (exact) mass is 335 g/mol. The lowest BCUT2D eigenvalue weighted by Gasteiger charge is -2.37. The lowest BCUT2D eigenvalue weighted by atomic mass is 9.72. The molecule has 0 aliphatic heterocycles. The highest BCUT2D eigenvalue weighted by Crippen LogP contribution is 2.45. The molecule has 1 aromatic heterocycles. The molecule has 2 unspecified atom stereocenters. The zero-order valence-corrected chi connectivity index (χ0v) is 13.4. The maximum absolute atomic E-state index is 3.73. The van der Waals surface area contributed by atoms with Gasteiger partial charge >= 0.3 is 0 Å². The van der Waals surface area contributed by atoms with Crippen LogP contribution in [0.15, 0.2) is 39.5 Å². The van der Waals surface area contributed by atoms with Gasteiger partial charge in [-0.05, 0) is 57.4 Å². The molecule has 0 bridgehead atoms. The summed E-state index contributed by atoms with van der Waals surface area (Å²) in [6, 6.07) is 9.28. The van der Waals surface area contributed by atoms with Gasteiger partial charge in [0.05, 0.1) is 0 Å². The maximum Gasteiger partial charge on any atom is 0.0412 e. The minimum atomic E-state index is 0.440. The molecule has 3 rings (SSSR count). The van der Waals surface area contributed by atoms with E-state index in [2.05, 4.69) is 63.2 Å². The van der Waals surface area contributed by atoms with Crippen LogP contribution in [0.25, 0.3) is 0 Å². The molecule has 1 aliphatic rings. The van der Waals surface area contributed by atoms with Crippen LogP contribution >= 0.6 is 27.3 Å². The van der Waals surface area contributed by atoms with Crippen molar-refractivity contribution in [2.24, 2.45) is 0 Å². The first kappa shape index (κ1) is 13.3. The second-order valence-corrected chi connectivity index (χ2v) is 6.71. The predicted molar refractivity (Wildman–Crippen MR) is 85.9 cm³/mol. The van der Waals surface area contributed by atoms with Crippen LogP contribution < -0.4 is 5.32 Å². The highest BCUT2D eigenvalue weighted by molar-refractivity contribution is 9.10. The predicted octanol–water partition coefficient (Wildman–Crippen LogP) is 4.89. The Labute approximate surface area is 127 Å². The van der Waals surface area contributed by atoms with E-state index in [9.17, 15) is 0 Å². The Morgan fingerprint density at radius 2 is 2.21 bits per heavy atom. The van der Waals surface area contributed by atoms with Gasteiger partial charge in [0.1, 0.15) is 0 Å². The number of halogens is 1. The van der Waals surface area contributed by atoms with E-state index in [1.54, 1.807) is 11.3 Å². The highest BCUT2D eigenvalue weighted by Gasteiger charge is 2.34. The van der Waals surface area contributed by atoms with Gasteiger partial charge in [-0.25, -0.2) is 0 Å². The number of hydrogen-bond donors (Lipinski definition) is 1. The van der Waals surface area contributed by atoms with E-state index in [0.29, 0.717) is 12.0 Å². The number of thiophene rings is 1. The van der Waals surface area contributed by atoms with Crippen LogP contribution in [0.2, 0.25) is 0 Å². The van der Waals surface area contributed by atoms with Crippen LogP contribution in [0.5, 0.6) is 0 Å². The Kier molecular flexibility index (Phi) is 4.06. The quantitative estimate of drug-likeness (QED) is 0.820. The SMILES string of the molecule is CCCNC(c1cscc1Br)C1Cc2ccccc21. The van der Waals surface area contributed by atoms with Gasteiger partial charge in [-0.15, -0.1) is 0 Å². The summed E-state index contributed by atoms with van der Waals surface area (Å²) in [4.78, 5) is 0. The van der Waals surface area contributed by atoms with Crippen molar-refractivity contribution in [1.82, 2.24) is 5.32 Å². The first-order valence-electron chi connectivity index (χ1n) is 6.84. The molecule has 0 spiro atoms. The van der Waals surface area contributed by atoms with Crippen LogP contribution in [0, 0.1) is 0 Å². The second-order valence-electron chi connectivity index (χ2n) is 5.12. The minimum Gasteiger partial charge on any atom is -0.309 e. The molecule has 0 fully saturated rings. The van der Waals surface area contributed by atoms with Crippen LogP contribution in [0.4, 0.5) is 0 Å². The molecule has 100 valence electrons. The van der Waals surface area contributed by atoms with Crippen LogP contribution in [0.3, 0.4) is 0 Å². The molecule has 0 saturated carbocycles. The fourth-order valence-corrected chi connectivity index (χ4v) is 4.46. The lowest BCUT2D eigenvalue weighted by molar-refractivity contribution is 0.411. The second kappa shape index (κ2) is 5.78. The summed E-state index contributed by atoms with van der Waals surface area (Å²) in [6.45, 7) is 3.30. The molecule has 1 N–H and O–H groups in total. The number of fused-ring (bicyclic) bond motifs is 1. The first-order valence-corrected chi connectivity index (χ1v) is 8.57. The number of hydrogen-bond acceptors (Lipinski definition) is 2. The smallest absolute Gasteiger partial charge is 0.0412 e. The molecule has 1 aromatic carbocycles. The fourth-order valence-electron chi connectivity index (χ4n) is 2.88. The Balaban J connectivity index is 1.88. The average molecular weight is 336 g/mol. The van der Waals surface area contributed by atoms with E-state index in [0.717, 1.165) is 6.54 Å². The third-order valence-corrected chi connectivity index (χ3v) is 5.64. The van der Waals surface area contributed by atoms with Crippen molar-refractivity contribution in [2.75, 3.05) is 6.54 Å². The fraction of sp³-hybridized carbons (Fsp3) is 0.375. The summed E-state index contributed by atoms with van der Waals surface area (Å²) in [5.41, 5.74) is 4.45. The van der Waals surface area contributed by atoms with Crippen molar-refractivity contribution in [3.63, 3.8) is 0 Å². The van der Waals surface area contributed by atoms with E-state index in [4.69, 9.17) is 0 Å². The average Bonchev–Trinajstić information content (AvgIpc) is 2.81. The van der Waals surface area contributed by atoms with Gasteiger partial charge in [-0.1, -0.05) is 31.2 Å². The van der Waals surface area contributed by atoms with E-state index < -0.39 is 0 Å². The zero-order chi connectivity index (χ0) is 13.2. The van der Waals surface area contributed by atoms with Crippen LogP contribution in [0.1, 0.15) is 42.0 Å². The molecule has 1 aliphatic carbocycles. The minimum absolute atomic E-state index is 0.440. The van der Waals surface area contributed by atoms with E-state index >= 15 is 0 Å². The van der Waals surface area contributed by atoms with Gasteiger partial charge < -0.3 is 5.32 Å². The third-order valence-electron chi connectivity index (χ3n) is 3.89. The third kappa shape index (κ3) is 2.51. The highest BCUT2D eigenvalue weighted by atomic mass is 79.9. The Morgan fingerprint density at radius 3 is 2.89 bits per heavy atom. The summed E-state index contributed by atoms with van der Waals surface area (Å²) in [5, 5.41) is 8.19. The molecule has 0 radical (unpaired) electrons. The number of benzene rings is 1. The summed E-state index contributed by atoms with van der Waals surface area (Å²) in [6.07, 6.45) is 2.37. The molecule has 3 heteroatoms.